The number of rotatable bonds is 6. The molecule has 25 heavy (non-hydrogen) atoms. The van der Waals surface area contributed by atoms with Crippen LogP contribution >= 0.6 is 0 Å². The average Bonchev–Trinajstić information content (AvgIpc) is 2.90. The number of nitrogens with zero attached hydrogens (tertiary/aromatic N) is 1. The molecule has 0 atom stereocenters. The van der Waals surface area contributed by atoms with Gasteiger partial charge in [0.1, 0.15) is 5.75 Å². The van der Waals surface area contributed by atoms with Gasteiger partial charge in [0.05, 0.1) is 11.2 Å². The number of phenolic OH excluding ortho intramolecular Hbond substituents is 1. The fourth-order valence-electron chi connectivity index (χ4n) is 2.90. The number of aromatic nitrogens is 1. The molecular weight excluding hydrogens is 340 g/mol. The van der Waals surface area contributed by atoms with E-state index in [1.165, 1.54) is 0 Å². The number of nitrogens with one attached hydrogen (secondary N) is 1. The Bertz CT molecular complexity index is 992. The summed E-state index contributed by atoms with van der Waals surface area (Å²) in [6.07, 6.45) is 2.00. The van der Waals surface area contributed by atoms with E-state index < -0.39 is 10.3 Å². The number of benzene rings is 2. The van der Waals surface area contributed by atoms with Crippen LogP contribution in [0.15, 0.2) is 48.5 Å². The first kappa shape index (κ1) is 17.3. The molecule has 0 saturated heterocycles. The molecule has 0 aliphatic carbocycles. The first-order chi connectivity index (χ1) is 11.9. The van der Waals surface area contributed by atoms with Gasteiger partial charge < -0.3 is 9.67 Å². The number of anilines is 1. The minimum Gasteiger partial charge on any atom is -0.508 e. The van der Waals surface area contributed by atoms with E-state index in [4.69, 9.17) is 4.55 Å². The van der Waals surface area contributed by atoms with Gasteiger partial charge >= 0.3 is 10.3 Å². The van der Waals surface area contributed by atoms with Gasteiger partial charge in [0.15, 0.2) is 0 Å². The van der Waals surface area contributed by atoms with Gasteiger partial charge in [0.25, 0.3) is 0 Å². The zero-order valence-corrected chi connectivity index (χ0v) is 14.6. The van der Waals surface area contributed by atoms with Gasteiger partial charge in [-0.1, -0.05) is 19.4 Å². The largest absolute Gasteiger partial charge is 0.508 e. The SMILES string of the molecule is CCCCn1c(-c2ccc(O)cc2)cc2ccc(NS(=O)(=O)O)cc21. The molecule has 0 unspecified atom stereocenters. The molecule has 3 rings (SSSR count). The Morgan fingerprint density at radius 2 is 1.80 bits per heavy atom. The second-order valence-electron chi connectivity index (χ2n) is 5.93. The number of unbranched alkanes of at least 4 members (excludes halogenated alkanes) is 1. The van der Waals surface area contributed by atoms with Crippen molar-refractivity contribution < 1.29 is 18.1 Å². The van der Waals surface area contributed by atoms with Gasteiger partial charge in [-0.25, -0.2) is 0 Å². The minimum absolute atomic E-state index is 0.208. The third kappa shape index (κ3) is 3.94. The van der Waals surface area contributed by atoms with Gasteiger partial charge in [0, 0.05) is 17.6 Å². The lowest BCUT2D eigenvalue weighted by Crippen LogP contribution is -2.10. The second kappa shape index (κ2) is 6.78. The molecule has 132 valence electrons. The zero-order valence-electron chi connectivity index (χ0n) is 13.8. The highest BCUT2D eigenvalue weighted by atomic mass is 32.2. The van der Waals surface area contributed by atoms with Crippen LogP contribution in [-0.2, 0) is 16.8 Å². The minimum atomic E-state index is -4.31. The van der Waals surface area contributed by atoms with Gasteiger partial charge in [-0.05, 0) is 54.4 Å². The van der Waals surface area contributed by atoms with E-state index in [-0.39, 0.29) is 5.75 Å². The molecule has 1 aromatic heterocycles. The molecule has 1 heterocycles. The van der Waals surface area contributed by atoms with Crippen molar-refractivity contribution >= 4 is 26.9 Å². The number of aromatic hydroxyl groups is 1. The molecule has 0 amide bonds. The van der Waals surface area contributed by atoms with E-state index in [1.807, 2.05) is 24.3 Å². The maximum Gasteiger partial charge on any atom is 0.357 e. The maximum absolute atomic E-state index is 11.1. The Balaban J connectivity index is 2.14. The second-order valence-corrected chi connectivity index (χ2v) is 7.09. The highest BCUT2D eigenvalue weighted by molar-refractivity contribution is 7.87. The monoisotopic (exact) mass is 360 g/mol. The summed E-state index contributed by atoms with van der Waals surface area (Å²) in [5.74, 6) is 0.208. The summed E-state index contributed by atoms with van der Waals surface area (Å²) >= 11 is 0. The van der Waals surface area contributed by atoms with E-state index in [1.54, 1.807) is 24.3 Å². The summed E-state index contributed by atoms with van der Waals surface area (Å²) in [4.78, 5) is 0. The molecule has 0 aliphatic rings. The van der Waals surface area contributed by atoms with Crippen molar-refractivity contribution in [2.75, 3.05) is 4.72 Å². The smallest absolute Gasteiger partial charge is 0.357 e. The molecule has 6 nitrogen and oxygen atoms in total. The molecule has 0 radical (unpaired) electrons. The van der Waals surface area contributed by atoms with Crippen LogP contribution in [0.2, 0.25) is 0 Å². The molecule has 3 aromatic rings. The molecule has 2 aromatic carbocycles. The van der Waals surface area contributed by atoms with Crippen LogP contribution in [0.3, 0.4) is 0 Å². The summed E-state index contributed by atoms with van der Waals surface area (Å²) in [5, 5.41) is 10.5. The third-order valence-corrected chi connectivity index (χ3v) is 4.54. The normalized spacial score (nSPS) is 11.8. The number of aryl methyl sites for hydroxylation is 1. The van der Waals surface area contributed by atoms with Crippen LogP contribution in [0.4, 0.5) is 5.69 Å². The summed E-state index contributed by atoms with van der Waals surface area (Å²) in [6.45, 7) is 2.89. The first-order valence-electron chi connectivity index (χ1n) is 8.05. The van der Waals surface area contributed by atoms with Crippen molar-refractivity contribution in [3.63, 3.8) is 0 Å². The molecule has 0 fully saturated rings. The highest BCUT2D eigenvalue weighted by Crippen LogP contribution is 2.31. The van der Waals surface area contributed by atoms with Crippen molar-refractivity contribution in [3.05, 3.63) is 48.5 Å². The van der Waals surface area contributed by atoms with E-state index in [0.717, 1.165) is 41.5 Å². The topological polar surface area (TPSA) is 91.6 Å². The zero-order chi connectivity index (χ0) is 18.0. The standard InChI is InChI=1S/C18H20N2O4S/c1-2-3-10-20-17(13-5-8-16(21)9-6-13)11-14-4-7-15(12-18(14)20)19-25(22,23)24/h4-9,11-12,19,21H,2-3,10H2,1H3,(H,22,23,24). The van der Waals surface area contributed by atoms with Crippen LogP contribution in [-0.4, -0.2) is 22.6 Å². The van der Waals surface area contributed by atoms with Crippen LogP contribution in [0.5, 0.6) is 5.75 Å². The summed E-state index contributed by atoms with van der Waals surface area (Å²) in [6, 6.07) is 14.2. The van der Waals surface area contributed by atoms with Gasteiger partial charge in [-0.15, -0.1) is 0 Å². The number of hydrogen-bond acceptors (Lipinski definition) is 3. The van der Waals surface area contributed by atoms with E-state index in [0.29, 0.717) is 5.69 Å². The lowest BCUT2D eigenvalue weighted by molar-refractivity contribution is 0.475. The van der Waals surface area contributed by atoms with E-state index in [9.17, 15) is 13.5 Å². The average molecular weight is 360 g/mol. The number of phenols is 1. The van der Waals surface area contributed by atoms with Gasteiger partial charge in [-0.2, -0.15) is 8.42 Å². The lowest BCUT2D eigenvalue weighted by atomic mass is 10.1. The van der Waals surface area contributed by atoms with Crippen molar-refractivity contribution in [2.24, 2.45) is 0 Å². The summed E-state index contributed by atoms with van der Waals surface area (Å²) < 4.78 is 35.3. The third-order valence-electron chi connectivity index (χ3n) is 4.05. The lowest BCUT2D eigenvalue weighted by Gasteiger charge is -2.11. The Morgan fingerprint density at radius 3 is 2.44 bits per heavy atom. The van der Waals surface area contributed by atoms with Crippen molar-refractivity contribution in [3.8, 4) is 17.0 Å². The van der Waals surface area contributed by atoms with Crippen LogP contribution in [0.1, 0.15) is 19.8 Å². The van der Waals surface area contributed by atoms with Crippen LogP contribution in [0.25, 0.3) is 22.2 Å². The Morgan fingerprint density at radius 1 is 1.08 bits per heavy atom. The molecule has 0 spiro atoms. The Hall–Kier alpha value is -2.51. The molecule has 0 aliphatic heterocycles. The predicted molar refractivity (Wildman–Crippen MR) is 99.1 cm³/mol. The fourth-order valence-corrected chi connectivity index (χ4v) is 3.32. The fraction of sp³-hybridized carbons (Fsp3) is 0.222. The molecule has 7 heteroatoms. The Labute approximate surface area is 146 Å². The number of fused-ring (bicyclic) bond motifs is 1. The molecular formula is C18H20N2O4S. The Kier molecular flexibility index (Phi) is 4.69. The van der Waals surface area contributed by atoms with Crippen LogP contribution in [0, 0.1) is 0 Å². The van der Waals surface area contributed by atoms with Crippen molar-refractivity contribution in [1.82, 2.24) is 4.57 Å². The van der Waals surface area contributed by atoms with Crippen LogP contribution < -0.4 is 4.72 Å². The molecule has 0 saturated carbocycles. The quantitative estimate of drug-likeness (QED) is 0.579. The summed E-state index contributed by atoms with van der Waals surface area (Å²) in [7, 11) is -4.31. The highest BCUT2D eigenvalue weighted by Gasteiger charge is 2.12. The van der Waals surface area contributed by atoms with E-state index in [2.05, 4.69) is 16.2 Å². The van der Waals surface area contributed by atoms with Gasteiger partial charge in [-0.3, -0.25) is 9.27 Å². The molecule has 0 bridgehead atoms. The van der Waals surface area contributed by atoms with Crippen molar-refractivity contribution in [2.45, 2.75) is 26.3 Å². The maximum atomic E-state index is 11.1. The first-order valence-corrected chi connectivity index (χ1v) is 9.49. The predicted octanol–water partition coefficient (Wildman–Crippen LogP) is 4.03. The number of hydrogen-bond donors (Lipinski definition) is 3. The van der Waals surface area contributed by atoms with E-state index >= 15 is 0 Å². The van der Waals surface area contributed by atoms with Crippen molar-refractivity contribution in [1.29, 1.82) is 0 Å². The van der Waals surface area contributed by atoms with Gasteiger partial charge in [0.2, 0.25) is 0 Å². The summed E-state index contributed by atoms with van der Waals surface area (Å²) in [5.41, 5.74) is 3.15. The molecule has 3 N–H and O–H groups in total.